The molecule has 2 rings (SSSR count). The topological polar surface area (TPSA) is 46.3 Å². The second-order valence-electron chi connectivity index (χ2n) is 5.40. The van der Waals surface area contributed by atoms with Gasteiger partial charge in [-0.25, -0.2) is 0 Å². The van der Waals surface area contributed by atoms with Crippen molar-refractivity contribution in [3.63, 3.8) is 0 Å². The number of carbonyl (C=O) groups excluding carboxylic acids is 1. The Balaban J connectivity index is 1.83. The summed E-state index contributed by atoms with van der Waals surface area (Å²) in [6, 6.07) is 0.0820. The fourth-order valence-corrected chi connectivity index (χ4v) is 3.02. The Kier molecular flexibility index (Phi) is 3.29. The van der Waals surface area contributed by atoms with Gasteiger partial charge in [0, 0.05) is 25.6 Å². The number of hydrogen-bond acceptors (Lipinski definition) is 2. The van der Waals surface area contributed by atoms with Crippen molar-refractivity contribution in [2.75, 3.05) is 13.1 Å². The summed E-state index contributed by atoms with van der Waals surface area (Å²) in [6.07, 6.45) is 5.84. The van der Waals surface area contributed by atoms with Crippen LogP contribution >= 0.6 is 0 Å². The Bertz CT molecular complexity index is 242. The van der Waals surface area contributed by atoms with Crippen LogP contribution in [-0.2, 0) is 4.79 Å². The number of carbonyl (C=O) groups is 1. The van der Waals surface area contributed by atoms with Crippen LogP contribution in [0.25, 0.3) is 0 Å². The summed E-state index contributed by atoms with van der Waals surface area (Å²) in [5.74, 6) is 1.83. The summed E-state index contributed by atoms with van der Waals surface area (Å²) < 4.78 is 0. The molecule has 3 heteroatoms. The van der Waals surface area contributed by atoms with Crippen LogP contribution in [0.3, 0.4) is 0 Å². The van der Waals surface area contributed by atoms with E-state index in [1.807, 2.05) is 4.90 Å². The number of hydrogen-bond donors (Lipinski definition) is 1. The van der Waals surface area contributed by atoms with Crippen LogP contribution in [0.1, 0.15) is 39.0 Å². The molecule has 1 saturated carbocycles. The molecular formula is C12H22N2O. The van der Waals surface area contributed by atoms with Crippen molar-refractivity contribution >= 4 is 5.91 Å². The molecule has 3 atom stereocenters. The quantitative estimate of drug-likeness (QED) is 0.748. The first-order valence-electron chi connectivity index (χ1n) is 6.18. The van der Waals surface area contributed by atoms with Crippen molar-refractivity contribution in [3.05, 3.63) is 0 Å². The number of likely N-dealkylation sites (tertiary alicyclic amines) is 1. The highest BCUT2D eigenvalue weighted by Gasteiger charge is 2.29. The van der Waals surface area contributed by atoms with Gasteiger partial charge in [-0.05, 0) is 24.7 Å². The number of rotatable bonds is 2. The molecule has 3 unspecified atom stereocenters. The Morgan fingerprint density at radius 3 is 2.87 bits per heavy atom. The van der Waals surface area contributed by atoms with E-state index in [1.165, 1.54) is 25.7 Å². The second-order valence-corrected chi connectivity index (χ2v) is 5.40. The molecule has 2 fully saturated rings. The van der Waals surface area contributed by atoms with Crippen molar-refractivity contribution < 1.29 is 4.79 Å². The summed E-state index contributed by atoms with van der Waals surface area (Å²) in [4.78, 5) is 13.6. The van der Waals surface area contributed by atoms with Gasteiger partial charge in [-0.3, -0.25) is 4.79 Å². The monoisotopic (exact) mass is 210 g/mol. The van der Waals surface area contributed by atoms with E-state index in [1.54, 1.807) is 0 Å². The molecule has 2 N–H and O–H groups in total. The van der Waals surface area contributed by atoms with Crippen LogP contribution in [0, 0.1) is 11.8 Å². The fourth-order valence-electron chi connectivity index (χ4n) is 3.02. The molecule has 1 aliphatic heterocycles. The van der Waals surface area contributed by atoms with E-state index < -0.39 is 0 Å². The normalized spacial score (nSPS) is 37.3. The zero-order chi connectivity index (χ0) is 10.8. The average molecular weight is 210 g/mol. The van der Waals surface area contributed by atoms with Gasteiger partial charge < -0.3 is 10.6 Å². The smallest absolute Gasteiger partial charge is 0.224 e. The third kappa shape index (κ3) is 2.71. The lowest BCUT2D eigenvalue weighted by Crippen LogP contribution is -2.34. The summed E-state index contributed by atoms with van der Waals surface area (Å²) in [7, 11) is 0. The van der Waals surface area contributed by atoms with E-state index in [9.17, 15) is 4.79 Å². The van der Waals surface area contributed by atoms with Crippen LogP contribution in [-0.4, -0.2) is 29.9 Å². The van der Waals surface area contributed by atoms with Crippen LogP contribution in [0.4, 0.5) is 0 Å². The molecule has 0 bridgehead atoms. The van der Waals surface area contributed by atoms with Gasteiger partial charge in [-0.2, -0.15) is 0 Å². The van der Waals surface area contributed by atoms with Crippen molar-refractivity contribution in [1.29, 1.82) is 0 Å². The highest BCUT2D eigenvalue weighted by atomic mass is 16.2. The van der Waals surface area contributed by atoms with Gasteiger partial charge in [0.05, 0.1) is 0 Å². The first-order chi connectivity index (χ1) is 7.15. The van der Waals surface area contributed by atoms with Crippen molar-refractivity contribution in [2.45, 2.75) is 45.1 Å². The molecule has 0 spiro atoms. The Labute approximate surface area is 92.0 Å². The Morgan fingerprint density at radius 1 is 1.47 bits per heavy atom. The molecular weight excluding hydrogens is 188 g/mol. The fraction of sp³-hybridized carbons (Fsp3) is 0.917. The minimum Gasteiger partial charge on any atom is -0.341 e. The molecule has 0 aromatic heterocycles. The lowest BCUT2D eigenvalue weighted by molar-refractivity contribution is -0.128. The Hall–Kier alpha value is -0.570. The first kappa shape index (κ1) is 10.9. The Morgan fingerprint density at radius 2 is 2.27 bits per heavy atom. The molecule has 0 aromatic rings. The molecule has 2 aliphatic rings. The van der Waals surface area contributed by atoms with Crippen LogP contribution < -0.4 is 5.73 Å². The van der Waals surface area contributed by atoms with Gasteiger partial charge in [0.25, 0.3) is 0 Å². The van der Waals surface area contributed by atoms with E-state index in [0.717, 1.165) is 24.9 Å². The largest absolute Gasteiger partial charge is 0.341 e. The third-order valence-corrected chi connectivity index (χ3v) is 3.77. The zero-order valence-electron chi connectivity index (χ0n) is 9.61. The summed E-state index contributed by atoms with van der Waals surface area (Å²) in [6.45, 7) is 4.06. The minimum atomic E-state index is 0.0820. The molecule has 15 heavy (non-hydrogen) atoms. The maximum atomic E-state index is 11.6. The van der Waals surface area contributed by atoms with Crippen LogP contribution in [0.5, 0.6) is 0 Å². The van der Waals surface area contributed by atoms with Gasteiger partial charge in [0.15, 0.2) is 0 Å². The zero-order valence-corrected chi connectivity index (χ0v) is 9.61. The molecule has 1 aliphatic carbocycles. The maximum Gasteiger partial charge on any atom is 0.224 e. The number of nitrogens with zero attached hydrogens (tertiary/aromatic N) is 1. The highest BCUT2D eigenvalue weighted by Crippen LogP contribution is 2.29. The summed E-state index contributed by atoms with van der Waals surface area (Å²) >= 11 is 0. The maximum absolute atomic E-state index is 11.6. The van der Waals surface area contributed by atoms with Crippen LogP contribution in [0.2, 0.25) is 0 Å². The van der Waals surface area contributed by atoms with Gasteiger partial charge in [-0.15, -0.1) is 0 Å². The van der Waals surface area contributed by atoms with Crippen LogP contribution in [0.15, 0.2) is 0 Å². The van der Waals surface area contributed by atoms with Gasteiger partial charge in [-0.1, -0.05) is 19.8 Å². The van der Waals surface area contributed by atoms with Crippen molar-refractivity contribution in [3.8, 4) is 0 Å². The van der Waals surface area contributed by atoms with Crippen molar-refractivity contribution in [1.82, 2.24) is 4.90 Å². The second kappa shape index (κ2) is 4.52. The van der Waals surface area contributed by atoms with E-state index in [2.05, 4.69) is 6.92 Å². The molecule has 1 amide bonds. The van der Waals surface area contributed by atoms with E-state index >= 15 is 0 Å². The molecule has 1 saturated heterocycles. The van der Waals surface area contributed by atoms with Crippen molar-refractivity contribution in [2.24, 2.45) is 17.6 Å². The molecule has 86 valence electrons. The molecule has 3 nitrogen and oxygen atoms in total. The van der Waals surface area contributed by atoms with Gasteiger partial charge in [0.2, 0.25) is 5.91 Å². The van der Waals surface area contributed by atoms with Gasteiger partial charge >= 0.3 is 0 Å². The third-order valence-electron chi connectivity index (χ3n) is 3.77. The molecule has 0 aromatic carbocycles. The molecule has 0 radical (unpaired) electrons. The molecule has 1 heterocycles. The standard InChI is InChI=1S/C12H22N2O/c1-9-3-2-4-10(5-9)7-14-8-11(13)6-12(14)15/h9-11H,2-8,13H2,1H3. The first-order valence-corrected chi connectivity index (χ1v) is 6.18. The lowest BCUT2D eigenvalue weighted by atomic mass is 9.82. The SMILES string of the molecule is CC1CCCC(CN2CC(N)CC2=O)C1. The minimum absolute atomic E-state index is 0.0820. The predicted octanol–water partition coefficient (Wildman–Crippen LogP) is 1.37. The highest BCUT2D eigenvalue weighted by molar-refractivity contribution is 5.79. The van der Waals surface area contributed by atoms with Gasteiger partial charge in [0.1, 0.15) is 0 Å². The lowest BCUT2D eigenvalue weighted by Gasteiger charge is -2.30. The summed E-state index contributed by atoms with van der Waals surface area (Å²) in [5, 5.41) is 0. The van der Waals surface area contributed by atoms with E-state index in [4.69, 9.17) is 5.73 Å². The number of nitrogens with two attached hydrogens (primary N) is 1. The number of amides is 1. The average Bonchev–Trinajstić information content (AvgIpc) is 2.45. The van der Waals surface area contributed by atoms with E-state index in [-0.39, 0.29) is 11.9 Å². The predicted molar refractivity (Wildman–Crippen MR) is 60.3 cm³/mol. The summed E-state index contributed by atoms with van der Waals surface area (Å²) in [5.41, 5.74) is 5.79. The van der Waals surface area contributed by atoms with E-state index in [0.29, 0.717) is 6.42 Å².